The predicted octanol–water partition coefficient (Wildman–Crippen LogP) is 4.03. The fourth-order valence-corrected chi connectivity index (χ4v) is 2.80. The van der Waals surface area contributed by atoms with Crippen molar-refractivity contribution in [3.05, 3.63) is 59.4 Å². The first-order chi connectivity index (χ1) is 9.69. The first-order valence-corrected chi connectivity index (χ1v) is 6.74. The standard InChI is InChI=1S/C17H15FN2/c1-12-8-13-4-2-3-5-17(13)20(11-12)15-7-6-14(10-19)16(18)9-15/h2-7,9,12H,8,11H2,1H3. The van der Waals surface area contributed by atoms with Gasteiger partial charge in [-0.25, -0.2) is 4.39 Å². The van der Waals surface area contributed by atoms with Gasteiger partial charge in [0.2, 0.25) is 0 Å². The van der Waals surface area contributed by atoms with Crippen LogP contribution in [0.3, 0.4) is 0 Å². The normalized spacial score (nSPS) is 17.4. The van der Waals surface area contributed by atoms with E-state index in [1.54, 1.807) is 6.07 Å². The van der Waals surface area contributed by atoms with Crippen molar-refractivity contribution >= 4 is 11.4 Å². The van der Waals surface area contributed by atoms with Crippen LogP contribution in [-0.2, 0) is 6.42 Å². The summed E-state index contributed by atoms with van der Waals surface area (Å²) in [5.41, 5.74) is 3.32. The highest BCUT2D eigenvalue weighted by atomic mass is 19.1. The van der Waals surface area contributed by atoms with Gasteiger partial charge in [0.25, 0.3) is 0 Å². The molecule has 0 aliphatic carbocycles. The Labute approximate surface area is 118 Å². The lowest BCUT2D eigenvalue weighted by molar-refractivity contribution is 0.560. The third-order valence-corrected chi connectivity index (χ3v) is 3.73. The maximum Gasteiger partial charge on any atom is 0.143 e. The summed E-state index contributed by atoms with van der Waals surface area (Å²) in [6, 6.07) is 14.9. The molecule has 3 heteroatoms. The molecule has 0 bridgehead atoms. The zero-order chi connectivity index (χ0) is 14.1. The molecule has 0 fully saturated rings. The van der Waals surface area contributed by atoms with Crippen molar-refractivity contribution < 1.29 is 4.39 Å². The Bertz CT molecular complexity index is 688. The minimum absolute atomic E-state index is 0.0899. The highest BCUT2D eigenvalue weighted by Gasteiger charge is 2.23. The molecule has 0 aromatic heterocycles. The van der Waals surface area contributed by atoms with Gasteiger partial charge >= 0.3 is 0 Å². The Balaban J connectivity index is 2.06. The molecule has 20 heavy (non-hydrogen) atoms. The number of hydrogen-bond donors (Lipinski definition) is 0. The van der Waals surface area contributed by atoms with Gasteiger partial charge in [0.1, 0.15) is 11.9 Å². The number of halogens is 1. The van der Waals surface area contributed by atoms with Gasteiger partial charge in [-0.15, -0.1) is 0 Å². The Morgan fingerprint density at radius 3 is 2.80 bits per heavy atom. The number of rotatable bonds is 1. The van der Waals surface area contributed by atoms with Crippen molar-refractivity contribution in [2.45, 2.75) is 13.3 Å². The summed E-state index contributed by atoms with van der Waals surface area (Å²) in [5.74, 6) is 0.0595. The first kappa shape index (κ1) is 12.7. The van der Waals surface area contributed by atoms with Crippen LogP contribution >= 0.6 is 0 Å². The molecule has 0 saturated heterocycles. The van der Waals surface area contributed by atoms with Crippen LogP contribution in [0.1, 0.15) is 18.1 Å². The Kier molecular flexibility index (Phi) is 3.15. The third kappa shape index (κ3) is 2.14. The van der Waals surface area contributed by atoms with Crippen LogP contribution in [-0.4, -0.2) is 6.54 Å². The summed E-state index contributed by atoms with van der Waals surface area (Å²) < 4.78 is 13.8. The van der Waals surface area contributed by atoms with E-state index in [9.17, 15) is 4.39 Å². The predicted molar refractivity (Wildman–Crippen MR) is 77.4 cm³/mol. The molecule has 1 aliphatic rings. The second-order valence-electron chi connectivity index (χ2n) is 5.32. The molecule has 0 radical (unpaired) electrons. The lowest BCUT2D eigenvalue weighted by atomic mass is 9.93. The summed E-state index contributed by atoms with van der Waals surface area (Å²) in [6.45, 7) is 3.06. The summed E-state index contributed by atoms with van der Waals surface area (Å²) in [6.07, 6.45) is 1.05. The fraction of sp³-hybridized carbons (Fsp3) is 0.235. The number of nitrogens with zero attached hydrogens (tertiary/aromatic N) is 2. The summed E-state index contributed by atoms with van der Waals surface area (Å²) >= 11 is 0. The number of benzene rings is 2. The highest BCUT2D eigenvalue weighted by molar-refractivity contribution is 5.68. The van der Waals surface area contributed by atoms with Gasteiger partial charge in [0.15, 0.2) is 0 Å². The van der Waals surface area contributed by atoms with E-state index >= 15 is 0 Å². The van der Waals surface area contributed by atoms with Gasteiger partial charge < -0.3 is 4.90 Å². The van der Waals surface area contributed by atoms with Crippen molar-refractivity contribution in [2.24, 2.45) is 5.92 Å². The van der Waals surface area contributed by atoms with Gasteiger partial charge in [-0.1, -0.05) is 25.1 Å². The second-order valence-corrected chi connectivity index (χ2v) is 5.32. The Hall–Kier alpha value is -2.34. The van der Waals surface area contributed by atoms with Crippen molar-refractivity contribution in [3.63, 3.8) is 0 Å². The van der Waals surface area contributed by atoms with Gasteiger partial charge in [-0.2, -0.15) is 5.26 Å². The third-order valence-electron chi connectivity index (χ3n) is 3.73. The van der Waals surface area contributed by atoms with E-state index in [-0.39, 0.29) is 5.56 Å². The van der Waals surface area contributed by atoms with Crippen LogP contribution in [0.2, 0.25) is 0 Å². The molecule has 1 unspecified atom stereocenters. The molecule has 1 aliphatic heterocycles. The van der Waals surface area contributed by atoms with Gasteiger partial charge in [0, 0.05) is 17.9 Å². The average Bonchev–Trinajstić information content (AvgIpc) is 2.46. The molecule has 100 valence electrons. The number of fused-ring (bicyclic) bond motifs is 1. The van der Waals surface area contributed by atoms with Crippen molar-refractivity contribution in [1.82, 2.24) is 0 Å². The minimum Gasteiger partial charge on any atom is -0.341 e. The van der Waals surface area contributed by atoms with Crippen molar-refractivity contribution in [2.75, 3.05) is 11.4 Å². The quantitative estimate of drug-likeness (QED) is 0.779. The zero-order valence-corrected chi connectivity index (χ0v) is 11.3. The van der Waals surface area contributed by atoms with Crippen molar-refractivity contribution in [3.8, 4) is 6.07 Å². The molecule has 1 atom stereocenters. The van der Waals surface area contributed by atoms with Gasteiger partial charge in [-0.3, -0.25) is 0 Å². The number of anilines is 2. The molecule has 2 aromatic carbocycles. The minimum atomic E-state index is -0.458. The maximum atomic E-state index is 13.8. The van der Waals surface area contributed by atoms with Gasteiger partial charge in [0.05, 0.1) is 5.56 Å². The monoisotopic (exact) mass is 266 g/mol. The molecular weight excluding hydrogens is 251 g/mol. The molecule has 1 heterocycles. The lowest BCUT2D eigenvalue weighted by Crippen LogP contribution is -2.30. The maximum absolute atomic E-state index is 13.8. The second kappa shape index (κ2) is 4.97. The molecule has 2 aromatic rings. The van der Waals surface area contributed by atoms with E-state index in [0.29, 0.717) is 5.92 Å². The van der Waals surface area contributed by atoms with Crippen LogP contribution in [0.25, 0.3) is 0 Å². The Morgan fingerprint density at radius 2 is 2.05 bits per heavy atom. The SMILES string of the molecule is CC1Cc2ccccc2N(c2ccc(C#N)c(F)c2)C1. The van der Waals surface area contributed by atoms with Gasteiger partial charge in [-0.05, 0) is 42.2 Å². The van der Waals surface area contributed by atoms with Crippen LogP contribution in [0, 0.1) is 23.1 Å². The first-order valence-electron chi connectivity index (χ1n) is 6.74. The molecule has 2 nitrogen and oxygen atoms in total. The van der Waals surface area contributed by atoms with Crippen LogP contribution in [0.4, 0.5) is 15.8 Å². The van der Waals surface area contributed by atoms with E-state index in [0.717, 1.165) is 24.3 Å². The average molecular weight is 266 g/mol. The number of para-hydroxylation sites is 1. The number of nitriles is 1. The molecule has 0 saturated carbocycles. The lowest BCUT2D eigenvalue weighted by Gasteiger charge is -2.35. The molecule has 0 spiro atoms. The highest BCUT2D eigenvalue weighted by Crippen LogP contribution is 2.35. The molecule has 0 N–H and O–H groups in total. The fourth-order valence-electron chi connectivity index (χ4n) is 2.80. The Morgan fingerprint density at radius 1 is 1.25 bits per heavy atom. The van der Waals surface area contributed by atoms with Crippen LogP contribution in [0.15, 0.2) is 42.5 Å². The zero-order valence-electron chi connectivity index (χ0n) is 11.3. The molecular formula is C17H15FN2. The summed E-state index contributed by atoms with van der Waals surface area (Å²) in [4.78, 5) is 2.13. The van der Waals surface area contributed by atoms with Crippen molar-refractivity contribution in [1.29, 1.82) is 5.26 Å². The largest absolute Gasteiger partial charge is 0.341 e. The van der Waals surface area contributed by atoms with Crippen LogP contribution in [0.5, 0.6) is 0 Å². The van der Waals surface area contributed by atoms with Crippen LogP contribution < -0.4 is 4.90 Å². The number of hydrogen-bond acceptors (Lipinski definition) is 2. The van der Waals surface area contributed by atoms with E-state index in [1.807, 2.05) is 24.3 Å². The van der Waals surface area contributed by atoms with E-state index in [1.165, 1.54) is 11.6 Å². The molecule has 3 rings (SSSR count). The summed E-state index contributed by atoms with van der Waals surface area (Å²) in [5, 5.41) is 8.82. The smallest absolute Gasteiger partial charge is 0.143 e. The van der Waals surface area contributed by atoms with E-state index in [2.05, 4.69) is 24.0 Å². The summed E-state index contributed by atoms with van der Waals surface area (Å²) in [7, 11) is 0. The topological polar surface area (TPSA) is 27.0 Å². The van der Waals surface area contributed by atoms with E-state index < -0.39 is 5.82 Å². The molecule has 0 amide bonds. The van der Waals surface area contributed by atoms with E-state index in [4.69, 9.17) is 5.26 Å².